The molecule has 0 atom stereocenters. The summed E-state index contributed by atoms with van der Waals surface area (Å²) in [4.78, 5) is 0. The van der Waals surface area contributed by atoms with E-state index in [9.17, 15) is 0 Å². The van der Waals surface area contributed by atoms with Gasteiger partial charge in [-0.05, 0) is 0 Å². The zero-order valence-electron chi connectivity index (χ0n) is 7.21. The molecule has 0 unspecified atom stereocenters. The molecular weight excluding hydrogens is 86.3 g/mol. The van der Waals surface area contributed by atoms with Gasteiger partial charge in [0.05, 0.1) is 0 Å². The van der Waals surface area contributed by atoms with Crippen molar-refractivity contribution in [3.63, 3.8) is 0 Å². The van der Waals surface area contributed by atoms with Gasteiger partial charge < -0.3 is 11.2 Å². The van der Waals surface area contributed by atoms with Crippen molar-refractivity contribution in [2.24, 2.45) is 0 Å². The van der Waals surface area contributed by atoms with Crippen LogP contribution in [0.1, 0.15) is 5.71 Å². The van der Waals surface area contributed by atoms with Gasteiger partial charge in [-0.15, -0.1) is 0 Å². The normalized spacial score (nSPS) is 0. The molecule has 0 aliphatic heterocycles. The predicted molar refractivity (Wildman–Crippen MR) is 13.8 cm³/mol. The van der Waals surface area contributed by atoms with Gasteiger partial charge in [0.1, 0.15) is 0 Å². The van der Waals surface area contributed by atoms with Crippen molar-refractivity contribution in [1.82, 2.24) is 0 Å². The first-order valence-electron chi connectivity index (χ1n) is 0. The van der Waals surface area contributed by atoms with Crippen LogP contribution in [0, 0.1) is 0 Å². The van der Waals surface area contributed by atoms with E-state index in [1.807, 2.05) is 0 Å². The molecular formula is H6MgNa2O. The Labute approximate surface area is 91.9 Å². The van der Waals surface area contributed by atoms with Crippen molar-refractivity contribution in [1.29, 1.82) is 0 Å². The van der Waals surface area contributed by atoms with Crippen LogP contribution in [0.5, 0.6) is 0 Å². The molecule has 2 N–H and O–H groups in total. The Hall–Kier alpha value is 2.73. The molecule has 0 rings (SSSR count). The number of hydrogen-bond acceptors (Lipinski definition) is 0. The van der Waals surface area contributed by atoms with Gasteiger partial charge in [-0.25, -0.2) is 0 Å². The second-order valence-electron chi connectivity index (χ2n) is 0. The van der Waals surface area contributed by atoms with Gasteiger partial charge in [0.2, 0.25) is 0 Å². The third-order valence-corrected chi connectivity index (χ3v) is 0. The topological polar surface area (TPSA) is 31.5 Å². The summed E-state index contributed by atoms with van der Waals surface area (Å²) < 4.78 is 0. The average molecular weight is 92.3 g/mol. The van der Waals surface area contributed by atoms with Gasteiger partial charge in [-0.2, -0.15) is 0 Å². The molecule has 0 radical (unpaired) electrons. The minimum atomic E-state index is 0. The van der Waals surface area contributed by atoms with Crippen molar-refractivity contribution in [3.8, 4) is 0 Å². The molecule has 16 valence electrons. The van der Waals surface area contributed by atoms with E-state index in [0.717, 1.165) is 0 Å². The summed E-state index contributed by atoms with van der Waals surface area (Å²) in [7, 11) is 0. The van der Waals surface area contributed by atoms with E-state index < -0.39 is 0 Å². The van der Waals surface area contributed by atoms with E-state index >= 15 is 0 Å². The second kappa shape index (κ2) is 17.2. The number of hydrogen-bond donors (Lipinski definition) is 0. The summed E-state index contributed by atoms with van der Waals surface area (Å²) in [5.74, 6) is 0. The minimum Gasteiger partial charge on any atom is -1.00 e. The van der Waals surface area contributed by atoms with Crippen molar-refractivity contribution in [3.05, 3.63) is 0 Å². The number of rotatable bonds is 0. The fourth-order valence-corrected chi connectivity index (χ4v) is 0. The fourth-order valence-electron chi connectivity index (χ4n) is 0. The molecule has 0 amide bonds. The van der Waals surface area contributed by atoms with Crippen LogP contribution >= 0.6 is 0 Å². The molecule has 0 saturated heterocycles. The van der Waals surface area contributed by atoms with E-state index in [4.69, 9.17) is 0 Å². The van der Waals surface area contributed by atoms with Gasteiger partial charge in [0.15, 0.2) is 0 Å². The zero-order valence-corrected chi connectivity index (χ0v) is 8.62. The third-order valence-electron chi connectivity index (χ3n) is 0. The van der Waals surface area contributed by atoms with Gasteiger partial charge in [-0.1, -0.05) is 0 Å². The van der Waals surface area contributed by atoms with E-state index in [-0.39, 0.29) is 93.4 Å². The van der Waals surface area contributed by atoms with E-state index in [1.165, 1.54) is 0 Å². The Bertz CT molecular complexity index is 14.0. The van der Waals surface area contributed by atoms with Gasteiger partial charge in [0, 0.05) is 0 Å². The van der Waals surface area contributed by atoms with E-state index in [1.54, 1.807) is 0 Å². The first-order chi connectivity index (χ1) is 0. The molecule has 0 aromatic carbocycles. The molecule has 0 saturated carbocycles. The summed E-state index contributed by atoms with van der Waals surface area (Å²) in [6.45, 7) is 0. The molecule has 0 aliphatic carbocycles. The predicted octanol–water partition coefficient (Wildman–Crippen LogP) is -6.75. The van der Waals surface area contributed by atoms with Crippen LogP contribution in [0.25, 0.3) is 0 Å². The molecule has 0 aliphatic rings. The smallest absolute Gasteiger partial charge is 1.00 e. The van der Waals surface area contributed by atoms with Crippen molar-refractivity contribution in [2.75, 3.05) is 0 Å². The largest absolute Gasteiger partial charge is 2.00 e. The molecule has 4 heavy (non-hydrogen) atoms. The quantitative estimate of drug-likeness (QED) is 0.266. The Morgan fingerprint density at radius 3 is 1.00 bits per heavy atom. The van der Waals surface area contributed by atoms with Crippen LogP contribution in [0.3, 0.4) is 0 Å². The summed E-state index contributed by atoms with van der Waals surface area (Å²) in [6.07, 6.45) is 0. The Balaban J connectivity index is 0. The molecule has 0 fully saturated rings. The average Bonchev–Trinajstić information content (AvgIpc) is 0. The van der Waals surface area contributed by atoms with E-state index in [2.05, 4.69) is 0 Å². The van der Waals surface area contributed by atoms with Gasteiger partial charge in [-0.3, -0.25) is 0 Å². The second-order valence-corrected chi connectivity index (χ2v) is 0. The maximum Gasteiger partial charge on any atom is 2.00 e. The molecule has 1 nitrogen and oxygen atoms in total. The van der Waals surface area contributed by atoms with Crippen molar-refractivity contribution in [2.45, 2.75) is 0 Å². The maximum atomic E-state index is 0. The van der Waals surface area contributed by atoms with Gasteiger partial charge in [0.25, 0.3) is 0 Å². The fraction of sp³-hybridized carbons (Fsp3) is 0. The Morgan fingerprint density at radius 1 is 1.00 bits per heavy atom. The van der Waals surface area contributed by atoms with Crippen LogP contribution in [0.4, 0.5) is 0 Å². The summed E-state index contributed by atoms with van der Waals surface area (Å²) in [5.41, 5.74) is 0. The third kappa shape index (κ3) is 8.83. The van der Waals surface area contributed by atoms with Crippen LogP contribution in [-0.2, 0) is 0 Å². The zero-order chi connectivity index (χ0) is 0. The SMILES string of the molecule is O.[H-].[H-].[H-].[H-].[Mg+2].[Na+].[Na+]. The Morgan fingerprint density at radius 2 is 1.00 bits per heavy atom. The summed E-state index contributed by atoms with van der Waals surface area (Å²) in [6, 6.07) is 0. The first kappa shape index (κ1) is 29.7. The molecule has 0 heterocycles. The molecule has 0 bridgehead atoms. The minimum absolute atomic E-state index is 0. The van der Waals surface area contributed by atoms with Crippen LogP contribution in [0.15, 0.2) is 0 Å². The van der Waals surface area contributed by atoms with Crippen molar-refractivity contribution >= 4 is 23.1 Å². The molecule has 0 aromatic heterocycles. The van der Waals surface area contributed by atoms with E-state index in [0.29, 0.717) is 0 Å². The van der Waals surface area contributed by atoms with Crippen molar-refractivity contribution < 1.29 is 70.3 Å². The summed E-state index contributed by atoms with van der Waals surface area (Å²) in [5, 5.41) is 0. The molecule has 0 spiro atoms. The molecule has 4 heteroatoms. The summed E-state index contributed by atoms with van der Waals surface area (Å²) >= 11 is 0. The standard InChI is InChI=1S/Mg.2Na.H2O.4H/h;;;1H2;;;;/q+2;2*+1;;4*-1. The molecule has 0 aromatic rings. The monoisotopic (exact) mass is 92.0 g/mol. The van der Waals surface area contributed by atoms with Crippen LogP contribution in [0.2, 0.25) is 0 Å². The van der Waals surface area contributed by atoms with Gasteiger partial charge >= 0.3 is 82.2 Å². The van der Waals surface area contributed by atoms with Crippen LogP contribution in [-0.4, -0.2) is 28.5 Å². The maximum absolute atomic E-state index is 0. The van der Waals surface area contributed by atoms with Crippen LogP contribution < -0.4 is 59.1 Å². The Kier molecular flexibility index (Phi) is 128. The first-order valence-corrected chi connectivity index (χ1v) is 0.